The van der Waals surface area contributed by atoms with Gasteiger partial charge in [-0.25, -0.2) is 0 Å². The Hall–Kier alpha value is -0.890. The zero-order valence-corrected chi connectivity index (χ0v) is 11.1. The molecule has 1 rings (SSSR count). The number of hydrogen-bond donors (Lipinski definition) is 1. The van der Waals surface area contributed by atoms with Gasteiger partial charge in [0.2, 0.25) is 0 Å². The van der Waals surface area contributed by atoms with Crippen molar-refractivity contribution in [1.82, 2.24) is 10.3 Å². The third-order valence-corrected chi connectivity index (χ3v) is 3.12. The van der Waals surface area contributed by atoms with Crippen molar-refractivity contribution < 1.29 is 0 Å². The summed E-state index contributed by atoms with van der Waals surface area (Å²) in [5.74, 6) is 1.20. The van der Waals surface area contributed by atoms with Crippen LogP contribution in [0.15, 0.2) is 24.4 Å². The SMILES string of the molecule is CC(C)C(C)NC(c1ccccn1)C(C)C. The number of pyridine rings is 1. The van der Waals surface area contributed by atoms with E-state index < -0.39 is 0 Å². The van der Waals surface area contributed by atoms with E-state index in [0.717, 1.165) is 5.69 Å². The van der Waals surface area contributed by atoms with Gasteiger partial charge in [0.05, 0.1) is 11.7 Å². The number of nitrogens with zero attached hydrogens (tertiary/aromatic N) is 1. The molecule has 2 atom stereocenters. The first kappa shape index (κ1) is 13.2. The maximum Gasteiger partial charge on any atom is 0.0575 e. The molecular formula is C14H24N2. The Morgan fingerprint density at radius 3 is 2.12 bits per heavy atom. The van der Waals surface area contributed by atoms with E-state index in [9.17, 15) is 0 Å². The monoisotopic (exact) mass is 220 g/mol. The topological polar surface area (TPSA) is 24.9 Å². The van der Waals surface area contributed by atoms with Crippen LogP contribution in [0, 0.1) is 11.8 Å². The van der Waals surface area contributed by atoms with Crippen LogP contribution in [0.25, 0.3) is 0 Å². The van der Waals surface area contributed by atoms with Gasteiger partial charge in [0.1, 0.15) is 0 Å². The average Bonchev–Trinajstić information content (AvgIpc) is 2.26. The van der Waals surface area contributed by atoms with E-state index in [1.165, 1.54) is 0 Å². The van der Waals surface area contributed by atoms with Crippen LogP contribution in [0.1, 0.15) is 46.4 Å². The summed E-state index contributed by atoms with van der Waals surface area (Å²) in [6.45, 7) is 11.2. The van der Waals surface area contributed by atoms with Gasteiger partial charge in [-0.2, -0.15) is 0 Å². The first-order valence-electron chi connectivity index (χ1n) is 6.19. The lowest BCUT2D eigenvalue weighted by molar-refractivity contribution is 0.319. The third-order valence-electron chi connectivity index (χ3n) is 3.12. The molecule has 0 amide bonds. The van der Waals surface area contributed by atoms with E-state index in [1.807, 2.05) is 12.3 Å². The van der Waals surface area contributed by atoms with Crippen molar-refractivity contribution in [3.63, 3.8) is 0 Å². The molecule has 2 unspecified atom stereocenters. The van der Waals surface area contributed by atoms with Gasteiger partial charge < -0.3 is 5.32 Å². The largest absolute Gasteiger partial charge is 0.306 e. The van der Waals surface area contributed by atoms with E-state index >= 15 is 0 Å². The molecule has 0 bridgehead atoms. The molecule has 1 heterocycles. The maximum atomic E-state index is 4.45. The van der Waals surface area contributed by atoms with Crippen molar-refractivity contribution in [2.75, 3.05) is 0 Å². The second-order valence-corrected chi connectivity index (χ2v) is 5.18. The molecule has 0 spiro atoms. The van der Waals surface area contributed by atoms with Gasteiger partial charge in [-0.3, -0.25) is 4.98 Å². The molecule has 0 fully saturated rings. The fraction of sp³-hybridized carbons (Fsp3) is 0.643. The van der Waals surface area contributed by atoms with Crippen molar-refractivity contribution in [2.45, 2.75) is 46.7 Å². The van der Waals surface area contributed by atoms with Gasteiger partial charge in [-0.1, -0.05) is 33.8 Å². The normalized spacial score (nSPS) is 15.4. The molecule has 2 nitrogen and oxygen atoms in total. The summed E-state index contributed by atoms with van der Waals surface area (Å²) in [6, 6.07) is 6.98. The summed E-state index contributed by atoms with van der Waals surface area (Å²) < 4.78 is 0. The Morgan fingerprint density at radius 1 is 1.00 bits per heavy atom. The lowest BCUT2D eigenvalue weighted by Gasteiger charge is -2.28. The minimum absolute atomic E-state index is 0.346. The van der Waals surface area contributed by atoms with E-state index in [-0.39, 0.29) is 0 Å². The van der Waals surface area contributed by atoms with Gasteiger partial charge in [0, 0.05) is 12.2 Å². The maximum absolute atomic E-state index is 4.45. The molecule has 1 aromatic rings. The zero-order valence-electron chi connectivity index (χ0n) is 11.1. The van der Waals surface area contributed by atoms with Crippen LogP contribution in [0.5, 0.6) is 0 Å². The highest BCUT2D eigenvalue weighted by Crippen LogP contribution is 2.21. The molecule has 90 valence electrons. The summed E-state index contributed by atoms with van der Waals surface area (Å²) >= 11 is 0. The fourth-order valence-electron chi connectivity index (χ4n) is 1.65. The Kier molecular flexibility index (Phi) is 4.94. The Bertz CT molecular complexity index is 293. The lowest BCUT2D eigenvalue weighted by atomic mass is 9.97. The van der Waals surface area contributed by atoms with Crippen LogP contribution in [0.4, 0.5) is 0 Å². The van der Waals surface area contributed by atoms with Crippen molar-refractivity contribution in [3.8, 4) is 0 Å². The third kappa shape index (κ3) is 3.60. The van der Waals surface area contributed by atoms with Crippen LogP contribution in [0.3, 0.4) is 0 Å². The highest BCUT2D eigenvalue weighted by Gasteiger charge is 2.19. The predicted octanol–water partition coefficient (Wildman–Crippen LogP) is 3.41. The van der Waals surface area contributed by atoms with Gasteiger partial charge in [-0.05, 0) is 30.9 Å². The van der Waals surface area contributed by atoms with Crippen LogP contribution in [0.2, 0.25) is 0 Å². The first-order chi connectivity index (χ1) is 7.52. The van der Waals surface area contributed by atoms with Crippen molar-refractivity contribution in [2.24, 2.45) is 11.8 Å². The van der Waals surface area contributed by atoms with Crippen LogP contribution in [-0.2, 0) is 0 Å². The van der Waals surface area contributed by atoms with E-state index in [2.05, 4.69) is 57.1 Å². The van der Waals surface area contributed by atoms with E-state index in [1.54, 1.807) is 0 Å². The summed E-state index contributed by atoms with van der Waals surface area (Å²) in [6.07, 6.45) is 1.87. The predicted molar refractivity (Wildman–Crippen MR) is 69.3 cm³/mol. The molecule has 2 heteroatoms. The van der Waals surface area contributed by atoms with E-state index in [4.69, 9.17) is 0 Å². The molecule has 1 N–H and O–H groups in total. The average molecular weight is 220 g/mol. The van der Waals surface area contributed by atoms with Crippen LogP contribution < -0.4 is 5.32 Å². The second kappa shape index (κ2) is 6.00. The van der Waals surface area contributed by atoms with E-state index in [0.29, 0.717) is 23.9 Å². The highest BCUT2D eigenvalue weighted by molar-refractivity contribution is 5.09. The summed E-state index contributed by atoms with van der Waals surface area (Å²) in [4.78, 5) is 4.45. The van der Waals surface area contributed by atoms with Gasteiger partial charge >= 0.3 is 0 Å². The van der Waals surface area contributed by atoms with Crippen molar-refractivity contribution in [1.29, 1.82) is 0 Å². The molecule has 1 aromatic heterocycles. The molecule has 0 aliphatic carbocycles. The minimum atomic E-state index is 0.346. The first-order valence-corrected chi connectivity index (χ1v) is 6.19. The summed E-state index contributed by atoms with van der Waals surface area (Å²) in [7, 11) is 0. The highest BCUT2D eigenvalue weighted by atomic mass is 15.0. The summed E-state index contributed by atoms with van der Waals surface area (Å²) in [5, 5.41) is 3.67. The molecule has 0 aromatic carbocycles. The molecule has 0 saturated heterocycles. The zero-order chi connectivity index (χ0) is 12.1. The van der Waals surface area contributed by atoms with Gasteiger partial charge in [0.15, 0.2) is 0 Å². The molecule has 0 radical (unpaired) electrons. The molecule has 0 aliphatic heterocycles. The van der Waals surface area contributed by atoms with Crippen LogP contribution in [-0.4, -0.2) is 11.0 Å². The van der Waals surface area contributed by atoms with Gasteiger partial charge in [-0.15, -0.1) is 0 Å². The molecular weight excluding hydrogens is 196 g/mol. The molecule has 16 heavy (non-hydrogen) atoms. The number of rotatable bonds is 5. The smallest absolute Gasteiger partial charge is 0.0575 e. The number of hydrogen-bond acceptors (Lipinski definition) is 2. The fourth-order valence-corrected chi connectivity index (χ4v) is 1.65. The van der Waals surface area contributed by atoms with Crippen LogP contribution >= 0.6 is 0 Å². The number of nitrogens with one attached hydrogen (secondary N) is 1. The number of aromatic nitrogens is 1. The van der Waals surface area contributed by atoms with Crippen molar-refractivity contribution in [3.05, 3.63) is 30.1 Å². The Labute approximate surface area is 99.5 Å². The summed E-state index contributed by atoms with van der Waals surface area (Å²) in [5.41, 5.74) is 1.14. The lowest BCUT2D eigenvalue weighted by Crippen LogP contribution is -2.37. The van der Waals surface area contributed by atoms with Gasteiger partial charge in [0.25, 0.3) is 0 Å². The standard InChI is InChI=1S/C14H24N2/c1-10(2)12(5)16-14(11(3)4)13-8-6-7-9-15-13/h6-12,14,16H,1-5H3. The van der Waals surface area contributed by atoms with Crippen molar-refractivity contribution >= 4 is 0 Å². The quantitative estimate of drug-likeness (QED) is 0.822. The molecule has 0 aliphatic rings. The minimum Gasteiger partial charge on any atom is -0.306 e. The Morgan fingerprint density at radius 2 is 1.69 bits per heavy atom. The Balaban J connectivity index is 2.77. The molecule has 0 saturated carbocycles. The second-order valence-electron chi connectivity index (χ2n) is 5.18.